The topological polar surface area (TPSA) is 63.9 Å². The molecule has 31 heavy (non-hydrogen) atoms. The van der Waals surface area contributed by atoms with Gasteiger partial charge >= 0.3 is 0 Å². The second-order valence-electron chi connectivity index (χ2n) is 7.71. The van der Waals surface area contributed by atoms with Gasteiger partial charge in [0, 0.05) is 35.2 Å². The SMILES string of the molecule is COc1cccc(-c2coc3cc(OC)c(/C(C)=C/C(=O)NCCCN(C)C)cc23)c1. The van der Waals surface area contributed by atoms with E-state index in [2.05, 4.69) is 10.2 Å². The monoisotopic (exact) mass is 422 g/mol. The van der Waals surface area contributed by atoms with E-state index in [1.54, 1.807) is 26.6 Å². The minimum Gasteiger partial charge on any atom is -0.497 e. The number of methoxy groups -OCH3 is 2. The lowest BCUT2D eigenvalue weighted by Crippen LogP contribution is -2.25. The van der Waals surface area contributed by atoms with E-state index in [4.69, 9.17) is 13.9 Å². The van der Waals surface area contributed by atoms with Gasteiger partial charge in [-0.05, 0) is 63.3 Å². The summed E-state index contributed by atoms with van der Waals surface area (Å²) in [7, 11) is 7.30. The Balaban J connectivity index is 1.91. The molecule has 0 aliphatic rings. The van der Waals surface area contributed by atoms with Crippen molar-refractivity contribution in [3.63, 3.8) is 0 Å². The van der Waals surface area contributed by atoms with Crippen LogP contribution in [0.15, 0.2) is 53.2 Å². The molecule has 1 N–H and O–H groups in total. The van der Waals surface area contributed by atoms with Crippen LogP contribution >= 0.6 is 0 Å². The number of nitrogens with one attached hydrogen (secondary N) is 1. The van der Waals surface area contributed by atoms with Gasteiger partial charge in [-0.2, -0.15) is 0 Å². The fraction of sp³-hybridized carbons (Fsp3) is 0.320. The van der Waals surface area contributed by atoms with Crippen molar-refractivity contribution < 1.29 is 18.7 Å². The number of hydrogen-bond donors (Lipinski definition) is 1. The molecule has 0 aliphatic carbocycles. The Hall–Kier alpha value is -3.25. The van der Waals surface area contributed by atoms with Crippen molar-refractivity contribution in [1.29, 1.82) is 0 Å². The van der Waals surface area contributed by atoms with Crippen LogP contribution in [-0.4, -0.2) is 52.2 Å². The van der Waals surface area contributed by atoms with Gasteiger partial charge in [-0.25, -0.2) is 0 Å². The molecule has 0 spiro atoms. The third-order valence-corrected chi connectivity index (χ3v) is 5.13. The molecule has 0 bridgehead atoms. The number of allylic oxidation sites excluding steroid dienone is 1. The highest BCUT2D eigenvalue weighted by atomic mass is 16.5. The summed E-state index contributed by atoms with van der Waals surface area (Å²) in [4.78, 5) is 14.5. The van der Waals surface area contributed by atoms with Crippen molar-refractivity contribution in [2.45, 2.75) is 13.3 Å². The second kappa shape index (κ2) is 10.2. The van der Waals surface area contributed by atoms with Crippen molar-refractivity contribution in [3.8, 4) is 22.6 Å². The van der Waals surface area contributed by atoms with Gasteiger partial charge in [0.2, 0.25) is 5.91 Å². The average molecular weight is 423 g/mol. The molecule has 6 heteroatoms. The van der Waals surface area contributed by atoms with Crippen LogP contribution in [0, 0.1) is 0 Å². The summed E-state index contributed by atoms with van der Waals surface area (Å²) in [6, 6.07) is 11.7. The first-order valence-electron chi connectivity index (χ1n) is 10.3. The maximum absolute atomic E-state index is 12.4. The number of rotatable bonds is 9. The largest absolute Gasteiger partial charge is 0.497 e. The van der Waals surface area contributed by atoms with Crippen LogP contribution in [0.3, 0.4) is 0 Å². The fourth-order valence-electron chi connectivity index (χ4n) is 3.48. The van der Waals surface area contributed by atoms with Crippen LogP contribution < -0.4 is 14.8 Å². The smallest absolute Gasteiger partial charge is 0.244 e. The molecular weight excluding hydrogens is 392 g/mol. The third kappa shape index (κ3) is 5.47. The molecule has 1 amide bonds. The predicted molar refractivity (Wildman–Crippen MR) is 125 cm³/mol. The van der Waals surface area contributed by atoms with E-state index >= 15 is 0 Å². The molecule has 1 heterocycles. The Morgan fingerprint density at radius 2 is 1.97 bits per heavy atom. The number of ether oxygens (including phenoxy) is 2. The quantitative estimate of drug-likeness (QED) is 0.404. The van der Waals surface area contributed by atoms with Crippen molar-refractivity contribution in [2.24, 2.45) is 0 Å². The molecule has 2 aromatic carbocycles. The summed E-state index contributed by atoms with van der Waals surface area (Å²) in [5, 5.41) is 3.89. The molecule has 0 atom stereocenters. The van der Waals surface area contributed by atoms with Crippen LogP contribution in [0.1, 0.15) is 18.9 Å². The Morgan fingerprint density at radius 3 is 2.68 bits per heavy atom. The van der Waals surface area contributed by atoms with Gasteiger partial charge in [-0.15, -0.1) is 0 Å². The Kier molecular flexibility index (Phi) is 7.36. The Morgan fingerprint density at radius 1 is 1.16 bits per heavy atom. The van der Waals surface area contributed by atoms with E-state index in [0.29, 0.717) is 12.3 Å². The summed E-state index contributed by atoms with van der Waals surface area (Å²) in [5.74, 6) is 1.33. The summed E-state index contributed by atoms with van der Waals surface area (Å²) >= 11 is 0. The molecule has 164 valence electrons. The number of carbonyl (C=O) groups is 1. The molecule has 3 aromatic rings. The molecule has 0 unspecified atom stereocenters. The molecule has 0 aliphatic heterocycles. The third-order valence-electron chi connectivity index (χ3n) is 5.13. The number of amides is 1. The van der Waals surface area contributed by atoms with E-state index in [1.807, 2.05) is 57.4 Å². The zero-order valence-electron chi connectivity index (χ0n) is 18.8. The first-order valence-corrected chi connectivity index (χ1v) is 10.3. The molecule has 0 saturated carbocycles. The van der Waals surface area contributed by atoms with Crippen molar-refractivity contribution in [3.05, 3.63) is 54.3 Å². The second-order valence-corrected chi connectivity index (χ2v) is 7.71. The van der Waals surface area contributed by atoms with Crippen molar-refractivity contribution in [1.82, 2.24) is 10.2 Å². The van der Waals surface area contributed by atoms with Crippen LogP contribution in [-0.2, 0) is 4.79 Å². The predicted octanol–water partition coefficient (Wildman–Crippen LogP) is 4.59. The van der Waals surface area contributed by atoms with Gasteiger partial charge in [-0.3, -0.25) is 4.79 Å². The van der Waals surface area contributed by atoms with Gasteiger partial charge in [0.25, 0.3) is 0 Å². The van der Waals surface area contributed by atoms with Gasteiger partial charge in [0.15, 0.2) is 0 Å². The maximum atomic E-state index is 12.4. The zero-order chi connectivity index (χ0) is 22.4. The lowest BCUT2D eigenvalue weighted by molar-refractivity contribution is -0.116. The van der Waals surface area contributed by atoms with Gasteiger partial charge < -0.3 is 24.1 Å². The number of carbonyl (C=O) groups excluding carboxylic acids is 1. The number of fused-ring (bicyclic) bond motifs is 1. The minimum absolute atomic E-state index is 0.112. The van der Waals surface area contributed by atoms with Crippen LogP contribution in [0.5, 0.6) is 11.5 Å². The standard InChI is InChI=1S/C25H30N2O4/c1-17(12-25(28)26-10-7-11-27(2)3)20-14-21-22(16-31-24(21)15-23(20)30-5)18-8-6-9-19(13-18)29-4/h6,8-9,12-16H,7,10-11H2,1-5H3,(H,26,28)/b17-12+. The summed E-state index contributed by atoms with van der Waals surface area (Å²) in [6.07, 6.45) is 4.25. The molecule has 0 saturated heterocycles. The first kappa shape index (κ1) is 22.4. The van der Waals surface area contributed by atoms with E-state index in [-0.39, 0.29) is 5.91 Å². The van der Waals surface area contributed by atoms with Crippen LogP contribution in [0.4, 0.5) is 0 Å². The molecule has 0 fully saturated rings. The van der Waals surface area contributed by atoms with E-state index in [9.17, 15) is 4.79 Å². The van der Waals surface area contributed by atoms with Gasteiger partial charge in [-0.1, -0.05) is 12.1 Å². The average Bonchev–Trinajstić information content (AvgIpc) is 3.18. The van der Waals surface area contributed by atoms with Crippen molar-refractivity contribution >= 4 is 22.4 Å². The van der Waals surface area contributed by atoms with E-state index < -0.39 is 0 Å². The summed E-state index contributed by atoms with van der Waals surface area (Å²) in [6.45, 7) is 3.48. The first-order chi connectivity index (χ1) is 14.9. The molecule has 1 aromatic heterocycles. The number of hydrogen-bond acceptors (Lipinski definition) is 5. The summed E-state index contributed by atoms with van der Waals surface area (Å²) in [5.41, 5.74) is 4.35. The minimum atomic E-state index is -0.112. The van der Waals surface area contributed by atoms with Crippen molar-refractivity contribution in [2.75, 3.05) is 41.4 Å². The Labute approximate surface area is 183 Å². The molecule has 0 radical (unpaired) electrons. The van der Waals surface area contributed by atoms with E-state index in [0.717, 1.165) is 51.9 Å². The fourth-order valence-corrected chi connectivity index (χ4v) is 3.48. The molecular formula is C25H30N2O4. The lowest BCUT2D eigenvalue weighted by Gasteiger charge is -2.11. The van der Waals surface area contributed by atoms with Gasteiger partial charge in [0.05, 0.1) is 20.5 Å². The highest BCUT2D eigenvalue weighted by Gasteiger charge is 2.15. The van der Waals surface area contributed by atoms with Crippen LogP contribution in [0.2, 0.25) is 0 Å². The number of furan rings is 1. The Bertz CT molecular complexity index is 1080. The molecule has 6 nitrogen and oxygen atoms in total. The maximum Gasteiger partial charge on any atom is 0.244 e. The number of benzene rings is 2. The number of nitrogens with zero attached hydrogens (tertiary/aromatic N) is 1. The van der Waals surface area contributed by atoms with Gasteiger partial charge in [0.1, 0.15) is 17.1 Å². The normalized spacial score (nSPS) is 11.7. The van der Waals surface area contributed by atoms with Crippen LogP contribution in [0.25, 0.3) is 27.7 Å². The highest BCUT2D eigenvalue weighted by molar-refractivity contribution is 6.00. The zero-order valence-corrected chi connectivity index (χ0v) is 18.8. The lowest BCUT2D eigenvalue weighted by atomic mass is 9.99. The van der Waals surface area contributed by atoms with E-state index in [1.165, 1.54) is 0 Å². The highest BCUT2D eigenvalue weighted by Crippen LogP contribution is 2.38. The molecule has 3 rings (SSSR count). The summed E-state index contributed by atoms with van der Waals surface area (Å²) < 4.78 is 16.7.